The molecular weight excluding hydrogens is 723 g/mol. The molecule has 5 aliphatic rings. The molecule has 2 saturated heterocycles. The van der Waals surface area contributed by atoms with Crippen molar-refractivity contribution in [2.45, 2.75) is 139 Å². The van der Waals surface area contributed by atoms with Crippen LogP contribution in [0.5, 0.6) is 0 Å². The summed E-state index contributed by atoms with van der Waals surface area (Å²) in [6, 6.07) is 1.49. The summed E-state index contributed by atoms with van der Waals surface area (Å²) in [5.41, 5.74) is -1.75. The summed E-state index contributed by atoms with van der Waals surface area (Å²) in [6.45, 7) is 4.36. The highest BCUT2D eigenvalue weighted by Gasteiger charge is 2.62. The Balaban J connectivity index is 1.27. The Morgan fingerprint density at radius 3 is 2.43 bits per heavy atom. The monoisotopic (exact) mass is 769 g/mol. The van der Waals surface area contributed by atoms with Gasteiger partial charge in [0.25, 0.3) is 5.91 Å². The molecule has 4 fully saturated rings. The van der Waals surface area contributed by atoms with Crippen molar-refractivity contribution < 1.29 is 55.0 Å². The standard InChI is InChI=1S/C35H46F3N5O9S/c1-33(2,3)52-31(47)39-26-12-14-34(37,38)13-5-4-8-21-16-35(21,30(46)41-53(49,50)23-10-11-23)40-28(44)27-15-22(18-43(27)29(26)45)51-32(48)42-17-20-7-6-9-25(36)24(20)19-42/h6-7,9,21-23,26-27H,4-5,8,10-19H2,1-3H3,(H,39,47)(H,40,44)(H,41,46)/t21-,22-,26-,27+,35-/m1/s1. The van der Waals surface area contributed by atoms with Crippen molar-refractivity contribution in [3.8, 4) is 0 Å². The lowest BCUT2D eigenvalue weighted by molar-refractivity contribution is -0.141. The number of carbonyl (C=O) groups excluding carboxylic acids is 5. The number of benzene rings is 1. The van der Waals surface area contributed by atoms with Gasteiger partial charge in [-0.1, -0.05) is 18.6 Å². The number of amides is 5. The van der Waals surface area contributed by atoms with Crippen molar-refractivity contribution in [3.05, 3.63) is 35.1 Å². The van der Waals surface area contributed by atoms with Crippen LogP contribution in [0, 0.1) is 11.7 Å². The van der Waals surface area contributed by atoms with Gasteiger partial charge in [-0.05, 0) is 76.8 Å². The summed E-state index contributed by atoms with van der Waals surface area (Å²) in [6.07, 6.45) is -3.69. The molecule has 14 nitrogen and oxygen atoms in total. The SMILES string of the molecule is CC(C)(C)OC(=O)N[C@@H]1CCC(F)(F)CCCC[C@@H]2C[C@@]2(C(=O)NS(=O)(=O)C2CC2)NC(=O)[C@@H]2C[C@@H](OC(=O)N3Cc4cccc(F)c4C3)CN2C1=O. The van der Waals surface area contributed by atoms with E-state index in [2.05, 4.69) is 15.4 Å². The molecule has 0 radical (unpaired) electrons. The number of halogens is 3. The van der Waals surface area contributed by atoms with E-state index in [9.17, 15) is 36.8 Å². The normalized spacial score (nSPS) is 29.0. The zero-order chi connectivity index (χ0) is 38.5. The molecule has 5 amide bonds. The van der Waals surface area contributed by atoms with Gasteiger partial charge in [0.2, 0.25) is 27.8 Å². The highest BCUT2D eigenvalue weighted by Crippen LogP contribution is 2.48. The Morgan fingerprint density at radius 2 is 1.75 bits per heavy atom. The summed E-state index contributed by atoms with van der Waals surface area (Å²) in [5, 5.41) is 4.35. The third-order valence-electron chi connectivity index (χ3n) is 10.5. The molecule has 292 valence electrons. The Hall–Kier alpha value is -4.09. The summed E-state index contributed by atoms with van der Waals surface area (Å²) in [5.74, 6) is -6.97. The lowest BCUT2D eigenvalue weighted by atomic mass is 10.00. The Kier molecular flexibility index (Phi) is 10.4. The number of rotatable bonds is 5. The van der Waals surface area contributed by atoms with E-state index < -0.39 is 111 Å². The smallest absolute Gasteiger partial charge is 0.410 e. The van der Waals surface area contributed by atoms with E-state index in [1.54, 1.807) is 26.8 Å². The van der Waals surface area contributed by atoms with Crippen LogP contribution in [-0.2, 0) is 47.0 Å². The molecule has 2 saturated carbocycles. The van der Waals surface area contributed by atoms with Gasteiger partial charge < -0.3 is 25.0 Å². The van der Waals surface area contributed by atoms with Crippen molar-refractivity contribution in [3.63, 3.8) is 0 Å². The van der Waals surface area contributed by atoms with E-state index in [-0.39, 0.29) is 51.7 Å². The minimum absolute atomic E-state index is 0.0507. The molecule has 3 heterocycles. The number of hydrogen-bond acceptors (Lipinski definition) is 9. The predicted molar refractivity (Wildman–Crippen MR) is 181 cm³/mol. The van der Waals surface area contributed by atoms with Crippen LogP contribution in [0.15, 0.2) is 18.2 Å². The van der Waals surface area contributed by atoms with Gasteiger partial charge in [0, 0.05) is 31.4 Å². The zero-order valence-electron chi connectivity index (χ0n) is 29.9. The van der Waals surface area contributed by atoms with Crippen molar-refractivity contribution in [1.29, 1.82) is 0 Å². The lowest BCUT2D eigenvalue weighted by Crippen LogP contribution is -2.58. The van der Waals surface area contributed by atoms with Crippen LogP contribution in [0.2, 0.25) is 0 Å². The van der Waals surface area contributed by atoms with E-state index in [1.807, 2.05) is 0 Å². The van der Waals surface area contributed by atoms with E-state index in [1.165, 1.54) is 17.0 Å². The zero-order valence-corrected chi connectivity index (χ0v) is 30.7. The maximum atomic E-state index is 15.2. The number of alkyl halides is 2. The van der Waals surface area contributed by atoms with Crippen LogP contribution in [0.1, 0.15) is 96.1 Å². The predicted octanol–water partition coefficient (Wildman–Crippen LogP) is 3.61. The average molecular weight is 770 g/mol. The second kappa shape index (κ2) is 14.3. The number of nitrogens with one attached hydrogen (secondary N) is 3. The highest BCUT2D eigenvalue weighted by atomic mass is 32.2. The first-order valence-electron chi connectivity index (χ1n) is 18.0. The third kappa shape index (κ3) is 8.83. The molecular formula is C35H46F3N5O9S. The van der Waals surface area contributed by atoms with E-state index in [0.29, 0.717) is 24.0 Å². The van der Waals surface area contributed by atoms with Crippen LogP contribution >= 0.6 is 0 Å². The number of ether oxygens (including phenoxy) is 2. The minimum Gasteiger partial charge on any atom is -0.444 e. The molecule has 18 heteroatoms. The summed E-state index contributed by atoms with van der Waals surface area (Å²) >= 11 is 0. The van der Waals surface area contributed by atoms with Gasteiger partial charge in [0.15, 0.2) is 0 Å². The first kappa shape index (κ1) is 38.6. The summed E-state index contributed by atoms with van der Waals surface area (Å²) < 4.78 is 83.4. The fraction of sp³-hybridized carbons (Fsp3) is 0.686. The molecule has 0 bridgehead atoms. The van der Waals surface area contributed by atoms with E-state index in [0.717, 1.165) is 4.90 Å². The third-order valence-corrected chi connectivity index (χ3v) is 12.3. The van der Waals surface area contributed by atoms with Crippen molar-refractivity contribution in [1.82, 2.24) is 25.2 Å². The molecule has 1 aromatic rings. The molecule has 2 aliphatic carbocycles. The van der Waals surface area contributed by atoms with Crippen molar-refractivity contribution >= 4 is 39.9 Å². The first-order chi connectivity index (χ1) is 24.8. The number of carbonyl (C=O) groups is 5. The average Bonchev–Trinajstić information content (AvgIpc) is 3.94. The molecule has 0 unspecified atom stereocenters. The molecule has 0 spiro atoms. The van der Waals surface area contributed by atoms with Gasteiger partial charge in [0.1, 0.15) is 35.1 Å². The maximum absolute atomic E-state index is 15.2. The number of alkyl carbamates (subject to hydrolysis) is 1. The fourth-order valence-corrected chi connectivity index (χ4v) is 8.78. The Morgan fingerprint density at radius 1 is 1.02 bits per heavy atom. The molecule has 53 heavy (non-hydrogen) atoms. The number of nitrogens with zero attached hydrogens (tertiary/aromatic N) is 2. The fourth-order valence-electron chi connectivity index (χ4n) is 7.42. The van der Waals surface area contributed by atoms with Gasteiger partial charge in [-0.15, -0.1) is 0 Å². The van der Waals surface area contributed by atoms with E-state index in [4.69, 9.17) is 9.47 Å². The van der Waals surface area contributed by atoms with Gasteiger partial charge in [-0.2, -0.15) is 0 Å². The highest BCUT2D eigenvalue weighted by molar-refractivity contribution is 7.91. The van der Waals surface area contributed by atoms with Gasteiger partial charge in [-0.25, -0.2) is 31.2 Å². The van der Waals surface area contributed by atoms with Crippen LogP contribution in [-0.4, -0.2) is 95.2 Å². The topological polar surface area (TPSA) is 181 Å². The largest absolute Gasteiger partial charge is 0.444 e. The number of hydrogen-bond donors (Lipinski definition) is 3. The molecule has 1 aromatic carbocycles. The van der Waals surface area contributed by atoms with E-state index >= 15 is 8.78 Å². The Bertz CT molecular complexity index is 1770. The summed E-state index contributed by atoms with van der Waals surface area (Å²) in [4.78, 5) is 70.5. The molecule has 0 aromatic heterocycles. The second-order valence-electron chi connectivity index (χ2n) is 15.9. The minimum atomic E-state index is -4.01. The molecule has 5 atom stereocenters. The van der Waals surface area contributed by atoms with Crippen LogP contribution in [0.3, 0.4) is 0 Å². The summed E-state index contributed by atoms with van der Waals surface area (Å²) in [7, 11) is -4.01. The molecule has 3 N–H and O–H groups in total. The van der Waals surface area contributed by atoms with Crippen LogP contribution < -0.4 is 15.4 Å². The molecule has 3 aliphatic heterocycles. The van der Waals surface area contributed by atoms with Gasteiger partial charge >= 0.3 is 12.2 Å². The first-order valence-corrected chi connectivity index (χ1v) is 19.6. The number of sulfonamides is 1. The van der Waals surface area contributed by atoms with Crippen molar-refractivity contribution in [2.75, 3.05) is 6.54 Å². The quantitative estimate of drug-likeness (QED) is 0.403. The van der Waals surface area contributed by atoms with Gasteiger partial charge in [0.05, 0.1) is 18.3 Å². The van der Waals surface area contributed by atoms with Crippen molar-refractivity contribution in [2.24, 2.45) is 5.92 Å². The second-order valence-corrected chi connectivity index (χ2v) is 17.8. The van der Waals surface area contributed by atoms with Gasteiger partial charge in [-0.3, -0.25) is 24.0 Å². The maximum Gasteiger partial charge on any atom is 0.410 e. The Labute approximate surface area is 305 Å². The lowest BCUT2D eigenvalue weighted by Gasteiger charge is -2.31. The van der Waals surface area contributed by atoms with Crippen LogP contribution in [0.25, 0.3) is 0 Å². The number of fused-ring (bicyclic) bond motifs is 3. The molecule has 6 rings (SSSR count). The van der Waals surface area contributed by atoms with Crippen LogP contribution in [0.4, 0.5) is 22.8 Å².